The van der Waals surface area contributed by atoms with Gasteiger partial charge in [-0.15, -0.1) is 0 Å². The van der Waals surface area contributed by atoms with Gasteiger partial charge in [0.15, 0.2) is 5.78 Å². The Bertz CT molecular complexity index is 882. The van der Waals surface area contributed by atoms with E-state index in [0.717, 1.165) is 23.1 Å². The Kier molecular flexibility index (Phi) is 2.90. The van der Waals surface area contributed by atoms with Crippen LogP contribution in [0, 0.1) is 5.82 Å². The Morgan fingerprint density at radius 3 is 2.65 bits per heavy atom. The Balaban J connectivity index is 2.06. The van der Waals surface area contributed by atoms with E-state index in [1.54, 1.807) is 18.2 Å². The van der Waals surface area contributed by atoms with E-state index in [1.165, 1.54) is 11.1 Å². The molecular formula is C21H19FO. The molecule has 0 bridgehead atoms. The number of hydrogen-bond acceptors (Lipinski definition) is 1. The normalized spacial score (nSPS) is 15.4. The van der Waals surface area contributed by atoms with Crippen LogP contribution in [-0.2, 0) is 11.8 Å². The molecule has 2 aliphatic carbocycles. The van der Waals surface area contributed by atoms with Crippen LogP contribution in [0.15, 0.2) is 30.3 Å². The second kappa shape index (κ2) is 4.64. The van der Waals surface area contributed by atoms with E-state index < -0.39 is 0 Å². The van der Waals surface area contributed by atoms with E-state index in [-0.39, 0.29) is 17.0 Å². The molecule has 1 nitrogen and oxygen atoms in total. The van der Waals surface area contributed by atoms with Crippen molar-refractivity contribution in [2.24, 2.45) is 0 Å². The van der Waals surface area contributed by atoms with E-state index >= 15 is 0 Å². The smallest absolute Gasteiger partial charge is 0.167 e. The van der Waals surface area contributed by atoms with E-state index in [4.69, 9.17) is 0 Å². The fraction of sp³-hybridized carbons (Fsp3) is 0.286. The van der Waals surface area contributed by atoms with E-state index in [0.29, 0.717) is 17.5 Å². The first-order valence-corrected chi connectivity index (χ1v) is 8.06. The SMILES string of the molecule is CC(C)(C)c1cccc2c1-c1cc(F)c3c(c1C2)C(=O)CC=C3. The third-order valence-electron chi connectivity index (χ3n) is 4.89. The lowest BCUT2D eigenvalue weighted by molar-refractivity contribution is 0.0993. The van der Waals surface area contributed by atoms with Crippen LogP contribution in [0.2, 0.25) is 0 Å². The van der Waals surface area contributed by atoms with Crippen molar-refractivity contribution in [1.29, 1.82) is 0 Å². The van der Waals surface area contributed by atoms with Gasteiger partial charge in [0.05, 0.1) is 0 Å². The van der Waals surface area contributed by atoms with Crippen LogP contribution in [0.1, 0.15) is 59.8 Å². The zero-order valence-corrected chi connectivity index (χ0v) is 13.7. The average Bonchev–Trinajstić information content (AvgIpc) is 2.85. The monoisotopic (exact) mass is 306 g/mol. The van der Waals surface area contributed by atoms with E-state index in [9.17, 15) is 9.18 Å². The molecule has 0 atom stereocenters. The van der Waals surface area contributed by atoms with Crippen LogP contribution in [-0.4, -0.2) is 5.78 Å². The number of hydrogen-bond donors (Lipinski definition) is 0. The molecule has 23 heavy (non-hydrogen) atoms. The summed E-state index contributed by atoms with van der Waals surface area (Å²) in [5.41, 5.74) is 6.48. The molecule has 0 unspecified atom stereocenters. The van der Waals surface area contributed by atoms with E-state index in [2.05, 4.69) is 39.0 Å². The highest BCUT2D eigenvalue weighted by atomic mass is 19.1. The Labute approximate surface area is 135 Å². The molecular weight excluding hydrogens is 287 g/mol. The maximum atomic E-state index is 14.6. The molecule has 0 heterocycles. The molecule has 2 heteroatoms. The number of carbonyl (C=O) groups is 1. The summed E-state index contributed by atoms with van der Waals surface area (Å²) in [5.74, 6) is -0.261. The summed E-state index contributed by atoms with van der Waals surface area (Å²) in [4.78, 5) is 12.4. The summed E-state index contributed by atoms with van der Waals surface area (Å²) >= 11 is 0. The standard InChI is InChI=1S/C21H19FO/c1-21(2,3)16-8-4-6-12-10-14-15(19(12)16)11-17(22)13-7-5-9-18(23)20(13)14/h4-8,11H,9-10H2,1-3H3. The van der Waals surface area contributed by atoms with Gasteiger partial charge in [0.2, 0.25) is 0 Å². The van der Waals surface area contributed by atoms with Crippen LogP contribution >= 0.6 is 0 Å². The van der Waals surface area contributed by atoms with Crippen LogP contribution in [0.4, 0.5) is 4.39 Å². The summed E-state index contributed by atoms with van der Waals surface area (Å²) in [6, 6.07) is 7.90. The summed E-state index contributed by atoms with van der Waals surface area (Å²) < 4.78 is 14.6. The second-order valence-electron chi connectivity index (χ2n) is 7.47. The third kappa shape index (κ3) is 2.01. The molecule has 116 valence electrons. The summed E-state index contributed by atoms with van der Waals surface area (Å²) in [6.07, 6.45) is 4.59. The van der Waals surface area contributed by atoms with Crippen LogP contribution < -0.4 is 0 Å². The lowest BCUT2D eigenvalue weighted by atomic mass is 9.81. The topological polar surface area (TPSA) is 17.1 Å². The summed E-state index contributed by atoms with van der Waals surface area (Å²) in [5, 5.41) is 0. The molecule has 4 rings (SSSR count). The van der Waals surface area contributed by atoms with Crippen molar-refractivity contribution in [1.82, 2.24) is 0 Å². The highest BCUT2D eigenvalue weighted by Gasteiger charge is 2.32. The lowest BCUT2D eigenvalue weighted by Crippen LogP contribution is -2.13. The van der Waals surface area contributed by atoms with E-state index in [1.807, 2.05) is 0 Å². The van der Waals surface area contributed by atoms with Crippen molar-refractivity contribution < 1.29 is 9.18 Å². The highest BCUT2D eigenvalue weighted by Crippen LogP contribution is 2.46. The van der Waals surface area contributed by atoms with Gasteiger partial charge >= 0.3 is 0 Å². The maximum absolute atomic E-state index is 14.6. The van der Waals surface area contributed by atoms with Crippen LogP contribution in [0.5, 0.6) is 0 Å². The zero-order valence-electron chi connectivity index (χ0n) is 13.7. The fourth-order valence-corrected chi connectivity index (χ4v) is 3.86. The van der Waals surface area contributed by atoms with Gasteiger partial charge in [-0.3, -0.25) is 4.79 Å². The average molecular weight is 306 g/mol. The summed E-state index contributed by atoms with van der Waals surface area (Å²) in [6.45, 7) is 6.51. The molecule has 2 aromatic rings. The van der Waals surface area contributed by atoms with Gasteiger partial charge in [0.25, 0.3) is 0 Å². The van der Waals surface area contributed by atoms with Crippen molar-refractivity contribution in [2.45, 2.75) is 39.0 Å². The quantitative estimate of drug-likeness (QED) is 0.551. The van der Waals surface area contributed by atoms with Crippen LogP contribution in [0.25, 0.3) is 17.2 Å². The molecule has 0 aromatic heterocycles. The van der Waals surface area contributed by atoms with Crippen molar-refractivity contribution in [2.75, 3.05) is 0 Å². The predicted octanol–water partition coefficient (Wildman–Crippen LogP) is 5.29. The Morgan fingerprint density at radius 1 is 1.13 bits per heavy atom. The van der Waals surface area contributed by atoms with Crippen LogP contribution in [0.3, 0.4) is 0 Å². The molecule has 2 aromatic carbocycles. The van der Waals surface area contributed by atoms with Crippen molar-refractivity contribution in [3.63, 3.8) is 0 Å². The number of carbonyl (C=O) groups excluding carboxylic acids is 1. The number of rotatable bonds is 0. The molecule has 2 aliphatic rings. The first-order valence-electron chi connectivity index (χ1n) is 8.06. The van der Waals surface area contributed by atoms with Gasteiger partial charge in [0.1, 0.15) is 5.82 Å². The first-order chi connectivity index (χ1) is 10.9. The fourth-order valence-electron chi connectivity index (χ4n) is 3.86. The molecule has 0 N–H and O–H groups in total. The number of fused-ring (bicyclic) bond motifs is 5. The number of halogens is 1. The number of ketones is 1. The van der Waals surface area contributed by atoms with Crippen molar-refractivity contribution >= 4 is 11.9 Å². The minimum atomic E-state index is -0.292. The minimum Gasteiger partial charge on any atom is -0.294 e. The van der Waals surface area contributed by atoms with Gasteiger partial charge in [0, 0.05) is 17.5 Å². The second-order valence-corrected chi connectivity index (χ2v) is 7.47. The zero-order chi connectivity index (χ0) is 16.4. The van der Waals surface area contributed by atoms with Crippen molar-refractivity contribution in [3.05, 3.63) is 64.0 Å². The van der Waals surface area contributed by atoms with Gasteiger partial charge < -0.3 is 0 Å². The van der Waals surface area contributed by atoms with Gasteiger partial charge in [-0.25, -0.2) is 4.39 Å². The van der Waals surface area contributed by atoms with Gasteiger partial charge in [-0.2, -0.15) is 0 Å². The van der Waals surface area contributed by atoms with Gasteiger partial charge in [-0.05, 0) is 45.7 Å². The highest BCUT2D eigenvalue weighted by molar-refractivity contribution is 6.06. The first kappa shape index (κ1) is 14.4. The molecule has 0 spiro atoms. The van der Waals surface area contributed by atoms with Gasteiger partial charge in [-0.1, -0.05) is 51.1 Å². The molecule has 0 saturated carbocycles. The number of benzene rings is 2. The number of Topliss-reactive ketones (excluding diaryl/α,β-unsaturated/α-hetero) is 1. The molecule has 0 amide bonds. The lowest BCUT2D eigenvalue weighted by Gasteiger charge is -2.23. The largest absolute Gasteiger partial charge is 0.294 e. The maximum Gasteiger partial charge on any atom is 0.167 e. The predicted molar refractivity (Wildman–Crippen MR) is 91.3 cm³/mol. The molecule has 0 fully saturated rings. The summed E-state index contributed by atoms with van der Waals surface area (Å²) in [7, 11) is 0. The molecule has 0 saturated heterocycles. The molecule has 0 aliphatic heterocycles. The Morgan fingerprint density at radius 2 is 1.91 bits per heavy atom. The number of allylic oxidation sites excluding steroid dienone is 1. The third-order valence-corrected chi connectivity index (χ3v) is 4.89. The molecule has 0 radical (unpaired) electrons. The minimum absolute atomic E-state index is 0.0246. The Hall–Kier alpha value is -2.22. The van der Waals surface area contributed by atoms with Crippen molar-refractivity contribution in [3.8, 4) is 11.1 Å².